The molecule has 0 spiro atoms. The summed E-state index contributed by atoms with van der Waals surface area (Å²) < 4.78 is 11.6. The van der Waals surface area contributed by atoms with Gasteiger partial charge in [-0.2, -0.15) is 0 Å². The molecule has 5 nitrogen and oxygen atoms in total. The lowest BCUT2D eigenvalue weighted by molar-refractivity contribution is -0.137. The van der Waals surface area contributed by atoms with Crippen molar-refractivity contribution in [3.05, 3.63) is 76.9 Å². The number of hydrogen-bond acceptors (Lipinski definition) is 4. The fourth-order valence-corrected chi connectivity index (χ4v) is 4.99. The number of aliphatic carboxylic acids is 1. The Hall–Kier alpha value is -3.47. The summed E-state index contributed by atoms with van der Waals surface area (Å²) in [5.74, 6) is 0.725. The van der Waals surface area contributed by atoms with Gasteiger partial charge in [-0.15, -0.1) is 0 Å². The summed E-state index contributed by atoms with van der Waals surface area (Å²) in [6.45, 7) is 4.78. The minimum atomic E-state index is -0.823. The van der Waals surface area contributed by atoms with Crippen molar-refractivity contribution in [1.29, 1.82) is 0 Å². The highest BCUT2D eigenvalue weighted by Crippen LogP contribution is 2.38. The smallest absolute Gasteiger partial charge is 0.304 e. The summed E-state index contributed by atoms with van der Waals surface area (Å²) in [6, 6.07) is 17.3. The van der Waals surface area contributed by atoms with Crippen LogP contribution in [0.3, 0.4) is 0 Å². The van der Waals surface area contributed by atoms with Gasteiger partial charge in [-0.1, -0.05) is 56.4 Å². The van der Waals surface area contributed by atoms with Gasteiger partial charge in [-0.3, -0.25) is 4.79 Å². The van der Waals surface area contributed by atoms with Crippen molar-refractivity contribution >= 4 is 5.97 Å². The predicted octanol–water partition coefficient (Wildman–Crippen LogP) is 7.16. The van der Waals surface area contributed by atoms with Crippen LogP contribution in [0.4, 0.5) is 0 Å². The van der Waals surface area contributed by atoms with Gasteiger partial charge in [0.15, 0.2) is 0 Å². The molecule has 1 saturated carbocycles. The lowest BCUT2D eigenvalue weighted by Gasteiger charge is -2.13. The van der Waals surface area contributed by atoms with E-state index in [1.807, 2.05) is 44.2 Å². The van der Waals surface area contributed by atoms with Gasteiger partial charge in [0.25, 0.3) is 0 Å². The number of fused-ring (bicyclic) bond motifs is 1. The highest BCUT2D eigenvalue weighted by atomic mass is 16.5. The molecule has 1 aliphatic heterocycles. The third-order valence-corrected chi connectivity index (χ3v) is 6.67. The summed E-state index contributed by atoms with van der Waals surface area (Å²) in [4.78, 5) is 11.0. The zero-order valence-corrected chi connectivity index (χ0v) is 20.5. The molecule has 1 fully saturated rings. The molecule has 2 N–H and O–H groups in total. The van der Waals surface area contributed by atoms with Crippen molar-refractivity contribution in [1.82, 2.24) is 0 Å². The fourth-order valence-electron chi connectivity index (χ4n) is 4.99. The van der Waals surface area contributed by atoms with Gasteiger partial charge < -0.3 is 19.7 Å². The molecular weight excluding hydrogens is 440 g/mol. The summed E-state index contributed by atoms with van der Waals surface area (Å²) in [5.41, 5.74) is 6.20. The van der Waals surface area contributed by atoms with Crippen LogP contribution in [0.5, 0.6) is 17.2 Å². The molecule has 184 valence electrons. The topological polar surface area (TPSA) is 76.0 Å². The van der Waals surface area contributed by atoms with Crippen LogP contribution in [-0.4, -0.2) is 22.8 Å². The van der Waals surface area contributed by atoms with Crippen LogP contribution >= 0.6 is 0 Å². The first kappa shape index (κ1) is 24.6. The maximum Gasteiger partial charge on any atom is 0.304 e. The van der Waals surface area contributed by atoms with E-state index in [1.165, 1.54) is 32.1 Å². The van der Waals surface area contributed by atoms with Gasteiger partial charge in [-0.05, 0) is 65.9 Å². The van der Waals surface area contributed by atoms with E-state index >= 15 is 0 Å². The number of aromatic hydroxyl groups is 1. The number of rotatable bonds is 6. The Morgan fingerprint density at radius 3 is 2.31 bits per heavy atom. The van der Waals surface area contributed by atoms with E-state index in [2.05, 4.69) is 12.1 Å². The van der Waals surface area contributed by atoms with E-state index < -0.39 is 5.97 Å². The van der Waals surface area contributed by atoms with Crippen LogP contribution in [0.2, 0.25) is 0 Å². The molecule has 0 aromatic heterocycles. The summed E-state index contributed by atoms with van der Waals surface area (Å²) in [5, 5.41) is 18.8. The normalized spacial score (nSPS) is 16.1. The Bertz CT molecular complexity index is 1150. The van der Waals surface area contributed by atoms with Gasteiger partial charge in [-0.25, -0.2) is 0 Å². The van der Waals surface area contributed by atoms with Crippen LogP contribution in [0.25, 0.3) is 11.1 Å². The first-order valence-corrected chi connectivity index (χ1v) is 12.4. The number of phenols is 1. The number of benzene rings is 3. The Morgan fingerprint density at radius 2 is 1.66 bits per heavy atom. The summed E-state index contributed by atoms with van der Waals surface area (Å²) >= 11 is 0. The van der Waals surface area contributed by atoms with Crippen molar-refractivity contribution in [3.63, 3.8) is 0 Å². The second-order valence-electron chi connectivity index (χ2n) is 9.52. The van der Waals surface area contributed by atoms with Crippen molar-refractivity contribution in [2.24, 2.45) is 0 Å². The minimum absolute atomic E-state index is 0.0656. The van der Waals surface area contributed by atoms with Crippen molar-refractivity contribution in [2.75, 3.05) is 6.61 Å². The van der Waals surface area contributed by atoms with Crippen molar-refractivity contribution < 1.29 is 24.5 Å². The molecule has 3 aromatic rings. The Morgan fingerprint density at radius 1 is 0.971 bits per heavy atom. The first-order chi connectivity index (χ1) is 16.9. The lowest BCUT2D eigenvalue weighted by atomic mass is 9.94. The van der Waals surface area contributed by atoms with Crippen LogP contribution < -0.4 is 9.47 Å². The maximum atomic E-state index is 11.0. The average Bonchev–Trinajstić information content (AvgIpc) is 3.51. The lowest BCUT2D eigenvalue weighted by Crippen LogP contribution is -2.07. The predicted molar refractivity (Wildman–Crippen MR) is 137 cm³/mol. The van der Waals surface area contributed by atoms with Crippen LogP contribution in [0.15, 0.2) is 54.6 Å². The highest BCUT2D eigenvalue weighted by molar-refractivity contribution is 5.72. The Balaban J connectivity index is 0.000000514. The molecule has 0 saturated heterocycles. The van der Waals surface area contributed by atoms with E-state index in [4.69, 9.17) is 14.6 Å². The molecule has 1 unspecified atom stereocenters. The number of carbonyl (C=O) groups is 1. The zero-order valence-electron chi connectivity index (χ0n) is 20.5. The molecule has 1 heterocycles. The van der Waals surface area contributed by atoms with Gasteiger partial charge in [0.1, 0.15) is 23.9 Å². The average molecular weight is 475 g/mol. The number of phenolic OH excluding ortho intramolecular Hbond substituents is 1. The molecule has 3 aromatic carbocycles. The fraction of sp³-hybridized carbons (Fsp3) is 0.367. The van der Waals surface area contributed by atoms with Gasteiger partial charge >= 0.3 is 5.97 Å². The standard InChI is InChI=1S/C25H24O5.C5H10/c1-15-8-20(26)9-16(2)25(15)18-5-3-4-17(10-18)13-29-21-6-7-22-19(11-24(27)28)14-30-23(22)12-21;1-2-4-5-3-1/h3-10,12,19,26H,11,13-14H2,1-2H3,(H,27,28);1-5H2. The van der Waals surface area contributed by atoms with Crippen molar-refractivity contribution in [2.45, 2.75) is 64.9 Å². The molecule has 5 rings (SSSR count). The highest BCUT2D eigenvalue weighted by Gasteiger charge is 2.26. The molecule has 35 heavy (non-hydrogen) atoms. The monoisotopic (exact) mass is 474 g/mol. The number of carboxylic acid groups (broad SMARTS) is 1. The molecular formula is C30H34O5. The van der Waals surface area contributed by atoms with E-state index in [-0.39, 0.29) is 18.1 Å². The second-order valence-corrected chi connectivity index (χ2v) is 9.52. The van der Waals surface area contributed by atoms with Gasteiger partial charge in [0, 0.05) is 17.5 Å². The van der Waals surface area contributed by atoms with E-state index in [0.717, 1.165) is 33.4 Å². The quantitative estimate of drug-likeness (QED) is 0.396. The maximum absolute atomic E-state index is 11.0. The third kappa shape index (κ3) is 6.36. The van der Waals surface area contributed by atoms with E-state index in [0.29, 0.717) is 24.7 Å². The second kappa shape index (κ2) is 11.3. The number of hydrogen-bond donors (Lipinski definition) is 2. The third-order valence-electron chi connectivity index (χ3n) is 6.67. The number of aryl methyl sites for hydroxylation is 2. The first-order valence-electron chi connectivity index (χ1n) is 12.4. The largest absolute Gasteiger partial charge is 0.508 e. The Kier molecular flexibility index (Phi) is 7.96. The van der Waals surface area contributed by atoms with Gasteiger partial charge in [0.2, 0.25) is 0 Å². The molecule has 0 amide bonds. The Labute approximate surface area is 207 Å². The SMILES string of the molecule is C1CCCC1.Cc1cc(O)cc(C)c1-c1cccc(COc2ccc3c(c2)OCC3CC(=O)O)c1. The minimum Gasteiger partial charge on any atom is -0.508 e. The molecule has 1 atom stereocenters. The van der Waals surface area contributed by atoms with E-state index in [9.17, 15) is 9.90 Å². The molecule has 0 bridgehead atoms. The van der Waals surface area contributed by atoms with Crippen LogP contribution in [0.1, 0.15) is 66.7 Å². The van der Waals surface area contributed by atoms with Crippen LogP contribution in [-0.2, 0) is 11.4 Å². The number of ether oxygens (including phenoxy) is 2. The molecule has 5 heteroatoms. The molecule has 1 aliphatic carbocycles. The van der Waals surface area contributed by atoms with E-state index in [1.54, 1.807) is 12.1 Å². The summed E-state index contributed by atoms with van der Waals surface area (Å²) in [7, 11) is 0. The zero-order chi connectivity index (χ0) is 24.8. The van der Waals surface area contributed by atoms with Crippen LogP contribution in [0, 0.1) is 13.8 Å². The molecule has 0 radical (unpaired) electrons. The van der Waals surface area contributed by atoms with Gasteiger partial charge in [0.05, 0.1) is 13.0 Å². The molecule has 2 aliphatic rings. The van der Waals surface area contributed by atoms with Crippen molar-refractivity contribution in [3.8, 4) is 28.4 Å². The summed E-state index contributed by atoms with van der Waals surface area (Å²) in [6.07, 6.45) is 7.57. The number of carboxylic acids is 1.